The second-order valence-corrected chi connectivity index (χ2v) is 9.18. The number of hydrogen-bond donors (Lipinski definition) is 0. The van der Waals surface area contributed by atoms with Gasteiger partial charge in [-0.05, 0) is 19.3 Å². The van der Waals surface area contributed by atoms with Crippen LogP contribution in [-0.4, -0.2) is 8.80 Å². The van der Waals surface area contributed by atoms with Gasteiger partial charge < -0.3 is 0 Å². The van der Waals surface area contributed by atoms with Gasteiger partial charge in [-0.1, -0.05) is 78.6 Å². The minimum atomic E-state index is 0.0139. The van der Waals surface area contributed by atoms with Gasteiger partial charge in [0.15, 0.2) is 0 Å². The molecule has 0 bridgehead atoms. The molecule has 0 radical (unpaired) electrons. The van der Waals surface area contributed by atoms with Crippen molar-refractivity contribution >= 4 is 8.80 Å². The molecule has 0 aliphatic heterocycles. The smallest absolute Gasteiger partial charge is 0.0654 e. The second kappa shape index (κ2) is 16.3. The van der Waals surface area contributed by atoms with Crippen LogP contribution in [0.15, 0.2) is 0 Å². The summed E-state index contributed by atoms with van der Waals surface area (Å²) in [5, 5.41) is 0. The van der Waals surface area contributed by atoms with E-state index in [1.54, 1.807) is 18.1 Å². The van der Waals surface area contributed by atoms with Gasteiger partial charge in [0.2, 0.25) is 0 Å². The predicted molar refractivity (Wildman–Crippen MR) is 92.6 cm³/mol. The lowest BCUT2D eigenvalue weighted by Crippen LogP contribution is -2.11. The molecule has 19 heavy (non-hydrogen) atoms. The van der Waals surface area contributed by atoms with Crippen molar-refractivity contribution in [2.24, 2.45) is 0 Å². The molecule has 0 spiro atoms. The molecule has 0 aliphatic carbocycles. The summed E-state index contributed by atoms with van der Waals surface area (Å²) in [6, 6.07) is 4.84. The maximum atomic E-state index is 2.32. The molecule has 0 aliphatic rings. The van der Waals surface area contributed by atoms with Crippen LogP contribution in [-0.2, 0) is 0 Å². The van der Waals surface area contributed by atoms with Crippen LogP contribution >= 0.6 is 0 Å². The van der Waals surface area contributed by atoms with Crippen LogP contribution in [0.4, 0.5) is 0 Å². The van der Waals surface area contributed by atoms with Crippen LogP contribution in [0, 0.1) is 0 Å². The highest BCUT2D eigenvalue weighted by molar-refractivity contribution is 6.58. The molecule has 0 saturated heterocycles. The predicted octanol–water partition coefficient (Wildman–Crippen LogP) is 7.22. The topological polar surface area (TPSA) is 0 Å². The molecule has 0 aromatic carbocycles. The van der Waals surface area contributed by atoms with E-state index in [0.29, 0.717) is 0 Å². The van der Waals surface area contributed by atoms with Gasteiger partial charge in [0.05, 0.1) is 18.1 Å². The van der Waals surface area contributed by atoms with E-state index >= 15 is 0 Å². The fourth-order valence-corrected chi connectivity index (χ4v) is 5.78. The van der Waals surface area contributed by atoms with Crippen LogP contribution in [0.1, 0.15) is 97.8 Å². The van der Waals surface area contributed by atoms with Crippen LogP contribution in [0.3, 0.4) is 0 Å². The Morgan fingerprint density at radius 3 is 1.00 bits per heavy atom. The van der Waals surface area contributed by atoms with Gasteiger partial charge in [-0.3, -0.25) is 0 Å². The Hall–Kier alpha value is 0.217. The fourth-order valence-electron chi connectivity index (χ4n) is 2.78. The van der Waals surface area contributed by atoms with E-state index in [2.05, 4.69) is 20.8 Å². The number of rotatable bonds is 15. The van der Waals surface area contributed by atoms with Crippen LogP contribution in [0.2, 0.25) is 18.1 Å². The third kappa shape index (κ3) is 14.4. The molecule has 114 valence electrons. The van der Waals surface area contributed by atoms with E-state index in [0.717, 1.165) is 0 Å². The Morgan fingerprint density at radius 2 is 0.737 bits per heavy atom. The van der Waals surface area contributed by atoms with E-state index in [1.807, 2.05) is 0 Å². The molecule has 1 heteroatoms. The maximum absolute atomic E-state index is 2.32. The van der Waals surface area contributed by atoms with Crippen molar-refractivity contribution < 1.29 is 0 Å². The minimum absolute atomic E-state index is 0.0139. The first-order chi connectivity index (χ1) is 9.35. The standard InChI is InChI=1S/C18H39Si/c1-4-7-10-13-16-19(17-14-11-8-5-2)18-15-12-9-6-3/h4-18H2,1-3H3/q+1. The lowest BCUT2D eigenvalue weighted by Gasteiger charge is -2.04. The van der Waals surface area contributed by atoms with E-state index in [9.17, 15) is 0 Å². The Bertz CT molecular complexity index is 127. The van der Waals surface area contributed by atoms with Crippen molar-refractivity contribution in [3.8, 4) is 0 Å². The first kappa shape index (κ1) is 19.2. The summed E-state index contributed by atoms with van der Waals surface area (Å²) in [4.78, 5) is 0. The molecule has 0 aromatic rings. The molecule has 0 atom stereocenters. The number of unbranched alkanes of at least 4 members (excludes halogenated alkanes) is 9. The largest absolute Gasteiger partial charge is 0.314 e. The van der Waals surface area contributed by atoms with E-state index in [4.69, 9.17) is 0 Å². The zero-order chi connectivity index (χ0) is 14.2. The van der Waals surface area contributed by atoms with E-state index in [1.165, 1.54) is 77.0 Å². The zero-order valence-corrected chi connectivity index (χ0v) is 15.1. The molecule has 0 unspecified atom stereocenters. The highest BCUT2D eigenvalue weighted by atomic mass is 28.3. The normalized spacial score (nSPS) is 10.9. The van der Waals surface area contributed by atoms with Crippen molar-refractivity contribution in [2.75, 3.05) is 0 Å². The minimum Gasteiger partial charge on any atom is -0.0654 e. The van der Waals surface area contributed by atoms with Gasteiger partial charge in [-0.2, -0.15) is 0 Å². The summed E-state index contributed by atoms with van der Waals surface area (Å²) in [6.07, 6.45) is 17.6. The molecule has 0 N–H and O–H groups in total. The van der Waals surface area contributed by atoms with Crippen molar-refractivity contribution in [1.29, 1.82) is 0 Å². The van der Waals surface area contributed by atoms with Crippen molar-refractivity contribution in [2.45, 2.75) is 116 Å². The van der Waals surface area contributed by atoms with E-state index in [-0.39, 0.29) is 8.80 Å². The van der Waals surface area contributed by atoms with Crippen LogP contribution in [0.5, 0.6) is 0 Å². The molecule has 0 fully saturated rings. The summed E-state index contributed by atoms with van der Waals surface area (Å²) in [5.41, 5.74) is 0. The SMILES string of the molecule is CCCCCC[Si+](CCCCCC)CCCCCC. The molecular weight excluding hydrogens is 244 g/mol. The Morgan fingerprint density at radius 1 is 0.421 bits per heavy atom. The molecule has 0 heterocycles. The first-order valence-corrected chi connectivity index (χ1v) is 11.3. The van der Waals surface area contributed by atoms with Crippen molar-refractivity contribution in [1.82, 2.24) is 0 Å². The Labute approximate surface area is 125 Å². The van der Waals surface area contributed by atoms with E-state index < -0.39 is 0 Å². The van der Waals surface area contributed by atoms with Crippen molar-refractivity contribution in [3.05, 3.63) is 0 Å². The summed E-state index contributed by atoms with van der Waals surface area (Å²) in [6.45, 7) is 6.96. The first-order valence-electron chi connectivity index (χ1n) is 9.18. The highest BCUT2D eigenvalue weighted by Crippen LogP contribution is 2.19. The average Bonchev–Trinajstić information content (AvgIpc) is 2.43. The van der Waals surface area contributed by atoms with Gasteiger partial charge in [-0.15, -0.1) is 0 Å². The van der Waals surface area contributed by atoms with Crippen LogP contribution in [0.25, 0.3) is 0 Å². The summed E-state index contributed by atoms with van der Waals surface area (Å²) < 4.78 is 0. The van der Waals surface area contributed by atoms with Crippen LogP contribution < -0.4 is 0 Å². The quantitative estimate of drug-likeness (QED) is 0.220. The van der Waals surface area contributed by atoms with Gasteiger partial charge in [-0.25, -0.2) is 0 Å². The van der Waals surface area contributed by atoms with Gasteiger partial charge in [0.1, 0.15) is 0 Å². The Balaban J connectivity index is 3.66. The van der Waals surface area contributed by atoms with Gasteiger partial charge in [0.25, 0.3) is 0 Å². The fraction of sp³-hybridized carbons (Fsp3) is 1.00. The lowest BCUT2D eigenvalue weighted by atomic mass is 10.2. The second-order valence-electron chi connectivity index (χ2n) is 6.18. The summed E-state index contributed by atoms with van der Waals surface area (Å²) in [5.74, 6) is 0. The zero-order valence-electron chi connectivity index (χ0n) is 14.1. The number of hydrogen-bond acceptors (Lipinski definition) is 0. The third-order valence-corrected chi connectivity index (χ3v) is 7.33. The molecule has 0 aromatic heterocycles. The Kier molecular flexibility index (Phi) is 16.5. The average molecular weight is 284 g/mol. The van der Waals surface area contributed by atoms with Gasteiger partial charge >= 0.3 is 8.80 Å². The summed E-state index contributed by atoms with van der Waals surface area (Å²) in [7, 11) is 0.0139. The third-order valence-electron chi connectivity index (χ3n) is 4.15. The molecule has 0 saturated carbocycles. The molecule has 0 nitrogen and oxygen atoms in total. The summed E-state index contributed by atoms with van der Waals surface area (Å²) >= 11 is 0. The highest BCUT2D eigenvalue weighted by Gasteiger charge is 2.24. The lowest BCUT2D eigenvalue weighted by molar-refractivity contribution is 0.672. The molecule has 0 rings (SSSR count). The molecular formula is C18H39Si+. The monoisotopic (exact) mass is 283 g/mol. The van der Waals surface area contributed by atoms with Crippen molar-refractivity contribution in [3.63, 3.8) is 0 Å². The maximum Gasteiger partial charge on any atom is 0.314 e. The molecule has 0 amide bonds. The van der Waals surface area contributed by atoms with Gasteiger partial charge in [0, 0.05) is 0 Å².